The minimum absolute atomic E-state index is 0.140. The predicted octanol–water partition coefficient (Wildman–Crippen LogP) is 5.14. The Morgan fingerprint density at radius 1 is 0.966 bits per heavy atom. The molecule has 0 aliphatic carbocycles. The summed E-state index contributed by atoms with van der Waals surface area (Å²) in [5.74, 6) is 0.552. The largest absolute Gasteiger partial charge is 0.371 e. The van der Waals surface area contributed by atoms with Crippen molar-refractivity contribution in [3.63, 3.8) is 0 Å². The molecule has 1 unspecified atom stereocenters. The molecule has 154 valence electrons. The molecule has 8 nitrogen and oxygen atoms in total. The predicted molar refractivity (Wildman–Crippen MR) is 116 cm³/mol. The van der Waals surface area contributed by atoms with Crippen LogP contribution in [0.2, 0.25) is 0 Å². The van der Waals surface area contributed by atoms with Crippen molar-refractivity contribution in [2.24, 2.45) is 0 Å². The Morgan fingerprint density at radius 3 is 2.07 bits per heavy atom. The van der Waals surface area contributed by atoms with Crippen LogP contribution >= 0.6 is 15.9 Å². The van der Waals surface area contributed by atoms with E-state index in [9.17, 15) is 20.2 Å². The van der Waals surface area contributed by atoms with E-state index >= 15 is 0 Å². The van der Waals surface area contributed by atoms with E-state index in [-0.39, 0.29) is 27.3 Å². The van der Waals surface area contributed by atoms with E-state index < -0.39 is 0 Å². The zero-order valence-electron chi connectivity index (χ0n) is 15.8. The average Bonchev–Trinajstić information content (AvgIpc) is 2.92. The van der Waals surface area contributed by atoms with Gasteiger partial charge in [-0.15, -0.1) is 0 Å². The molecule has 2 aromatic rings. The second-order valence-corrected chi connectivity index (χ2v) is 7.24. The lowest BCUT2D eigenvalue weighted by atomic mass is 10.0. The highest BCUT2D eigenvalue weighted by Gasteiger charge is 2.19. The summed E-state index contributed by atoms with van der Waals surface area (Å²) in [6, 6.07) is 13.7. The summed E-state index contributed by atoms with van der Waals surface area (Å²) in [5, 5.41) is 32.7. The van der Waals surface area contributed by atoms with Crippen molar-refractivity contribution in [2.75, 3.05) is 0 Å². The lowest BCUT2D eigenvalue weighted by Gasteiger charge is -2.16. The van der Waals surface area contributed by atoms with Crippen LogP contribution in [0.3, 0.4) is 0 Å². The van der Waals surface area contributed by atoms with Gasteiger partial charge in [0.2, 0.25) is 0 Å². The van der Waals surface area contributed by atoms with E-state index in [0.29, 0.717) is 23.1 Å². The number of para-hydroxylation sites is 2. The van der Waals surface area contributed by atoms with E-state index in [0.717, 1.165) is 31.2 Å². The minimum Gasteiger partial charge on any atom is -0.371 e. The number of alkyl halides is 1. The number of hydrogen-bond donors (Lipinski definition) is 2. The minimum atomic E-state index is -0.378. The van der Waals surface area contributed by atoms with Gasteiger partial charge >= 0.3 is 0 Å². The van der Waals surface area contributed by atoms with Gasteiger partial charge in [0.25, 0.3) is 11.4 Å². The van der Waals surface area contributed by atoms with E-state index in [2.05, 4.69) is 21.2 Å². The first kappa shape index (κ1) is 22.5. The monoisotopic (exact) mass is 462 g/mol. The summed E-state index contributed by atoms with van der Waals surface area (Å²) in [7, 11) is 0. The number of nitrogens with zero attached hydrogens (tertiary/aromatic N) is 2. The highest BCUT2D eigenvalue weighted by Crippen LogP contribution is 2.22. The molecule has 1 fully saturated rings. The van der Waals surface area contributed by atoms with Crippen molar-refractivity contribution in [2.45, 2.75) is 43.5 Å². The molecule has 3 rings (SSSR count). The van der Waals surface area contributed by atoms with Crippen molar-refractivity contribution < 1.29 is 9.85 Å². The van der Waals surface area contributed by atoms with Crippen LogP contribution in [-0.4, -0.2) is 21.7 Å². The van der Waals surface area contributed by atoms with Crippen LogP contribution in [0.4, 0.5) is 11.4 Å². The topological polar surface area (TPSA) is 122 Å². The molecule has 1 saturated heterocycles. The smallest absolute Gasteiger partial charge is 0.273 e. The van der Waals surface area contributed by atoms with Gasteiger partial charge in [-0.3, -0.25) is 25.6 Å². The summed E-state index contributed by atoms with van der Waals surface area (Å²) >= 11 is 3.17. The third-order valence-electron chi connectivity index (χ3n) is 4.59. The van der Waals surface area contributed by atoms with Crippen LogP contribution in [0, 0.1) is 25.6 Å². The van der Waals surface area contributed by atoms with Crippen molar-refractivity contribution in [3.05, 3.63) is 79.9 Å². The fraction of sp³-hybridized carbons (Fsp3) is 0.350. The second-order valence-electron chi connectivity index (χ2n) is 6.67. The number of nitrogens with one attached hydrogen (secondary N) is 2. The lowest BCUT2D eigenvalue weighted by Crippen LogP contribution is -2.34. The van der Waals surface area contributed by atoms with Gasteiger partial charge < -0.3 is 5.32 Å². The number of nitro benzene ring substituents is 2. The molecule has 0 spiro atoms. The Labute approximate surface area is 177 Å². The van der Waals surface area contributed by atoms with Gasteiger partial charge in [-0.1, -0.05) is 58.7 Å². The molecule has 2 N–H and O–H groups in total. The quantitative estimate of drug-likeness (QED) is 0.361. The van der Waals surface area contributed by atoms with E-state index in [4.69, 9.17) is 5.41 Å². The maximum atomic E-state index is 10.9. The SMILES string of the molecule is N=C1CCCCC(Cc2ccccc2[N+](=O)[O-])N1.O=[N+]([O-])c1ccccc1CBr. The maximum absolute atomic E-state index is 10.9. The molecular formula is C20H23BrN4O4. The fourth-order valence-electron chi connectivity index (χ4n) is 3.17. The van der Waals surface area contributed by atoms with Crippen LogP contribution in [0.25, 0.3) is 0 Å². The van der Waals surface area contributed by atoms with Crippen molar-refractivity contribution in [1.82, 2.24) is 5.32 Å². The fourth-order valence-corrected chi connectivity index (χ4v) is 3.64. The summed E-state index contributed by atoms with van der Waals surface area (Å²) in [4.78, 5) is 20.6. The molecule has 1 aliphatic rings. The summed E-state index contributed by atoms with van der Waals surface area (Å²) < 4.78 is 0. The van der Waals surface area contributed by atoms with Gasteiger partial charge in [0, 0.05) is 41.1 Å². The number of benzene rings is 2. The Bertz CT molecular complexity index is 875. The second kappa shape index (κ2) is 11.3. The normalized spacial score (nSPS) is 16.0. The maximum Gasteiger partial charge on any atom is 0.273 e. The van der Waals surface area contributed by atoms with Crippen LogP contribution in [0.1, 0.15) is 36.8 Å². The Kier molecular flexibility index (Phi) is 8.72. The average molecular weight is 463 g/mol. The van der Waals surface area contributed by atoms with Crippen LogP contribution in [0.15, 0.2) is 48.5 Å². The van der Waals surface area contributed by atoms with Crippen molar-refractivity contribution >= 4 is 33.1 Å². The molecule has 29 heavy (non-hydrogen) atoms. The first-order valence-electron chi connectivity index (χ1n) is 9.27. The van der Waals surface area contributed by atoms with Crippen LogP contribution < -0.4 is 5.32 Å². The first-order valence-corrected chi connectivity index (χ1v) is 10.4. The highest BCUT2D eigenvalue weighted by atomic mass is 79.9. The number of rotatable bonds is 5. The molecule has 2 aromatic carbocycles. The first-order chi connectivity index (χ1) is 13.9. The lowest BCUT2D eigenvalue weighted by molar-refractivity contribution is -0.385. The van der Waals surface area contributed by atoms with Crippen molar-refractivity contribution in [3.8, 4) is 0 Å². The number of nitro groups is 2. The molecule has 1 atom stereocenters. The third kappa shape index (κ3) is 6.94. The van der Waals surface area contributed by atoms with Gasteiger partial charge in [0.05, 0.1) is 15.7 Å². The Balaban J connectivity index is 0.000000234. The van der Waals surface area contributed by atoms with Gasteiger partial charge in [0.1, 0.15) is 0 Å². The number of hydrogen-bond acceptors (Lipinski definition) is 5. The Hall–Kier alpha value is -2.81. The van der Waals surface area contributed by atoms with Gasteiger partial charge in [-0.25, -0.2) is 0 Å². The Morgan fingerprint density at radius 2 is 1.52 bits per heavy atom. The molecule has 0 radical (unpaired) electrons. The van der Waals surface area contributed by atoms with E-state index in [1.165, 1.54) is 12.1 Å². The summed E-state index contributed by atoms with van der Waals surface area (Å²) in [6.07, 6.45) is 4.46. The zero-order chi connectivity index (χ0) is 21.2. The van der Waals surface area contributed by atoms with Gasteiger partial charge in [-0.2, -0.15) is 0 Å². The van der Waals surface area contributed by atoms with Gasteiger partial charge in [0.15, 0.2) is 0 Å². The van der Waals surface area contributed by atoms with Crippen molar-refractivity contribution in [1.29, 1.82) is 5.41 Å². The van der Waals surface area contributed by atoms with E-state index in [1.54, 1.807) is 30.3 Å². The zero-order valence-corrected chi connectivity index (χ0v) is 17.4. The third-order valence-corrected chi connectivity index (χ3v) is 5.20. The molecule has 9 heteroatoms. The standard InChI is InChI=1S/C13H17N3O2.C7H6BrNO2/c14-13-8-4-2-6-11(15-13)9-10-5-1-3-7-12(10)16(17)18;8-5-6-3-1-2-4-7(6)9(10)11/h1,3,5,7,11H,2,4,6,8-9H2,(H2,14,15);1-4H,5H2. The molecule has 0 bridgehead atoms. The number of amidine groups is 1. The summed E-state index contributed by atoms with van der Waals surface area (Å²) in [6.45, 7) is 0. The molecule has 0 saturated carbocycles. The van der Waals surface area contributed by atoms with Crippen LogP contribution in [0.5, 0.6) is 0 Å². The van der Waals surface area contributed by atoms with E-state index in [1.807, 2.05) is 6.07 Å². The highest BCUT2D eigenvalue weighted by molar-refractivity contribution is 9.08. The summed E-state index contributed by atoms with van der Waals surface area (Å²) in [5.41, 5.74) is 1.80. The molecular weight excluding hydrogens is 440 g/mol. The van der Waals surface area contributed by atoms with Crippen LogP contribution in [-0.2, 0) is 11.8 Å². The molecule has 0 amide bonds. The molecule has 1 aliphatic heterocycles. The number of halogens is 1. The van der Waals surface area contributed by atoms with Gasteiger partial charge in [-0.05, 0) is 19.3 Å². The molecule has 0 aromatic heterocycles. The molecule has 1 heterocycles.